The first-order chi connectivity index (χ1) is 12.3. The summed E-state index contributed by atoms with van der Waals surface area (Å²) in [6.45, 7) is 8.80. The van der Waals surface area contributed by atoms with Gasteiger partial charge in [0.15, 0.2) is 8.32 Å². The zero-order valence-electron chi connectivity index (χ0n) is 16.3. The van der Waals surface area contributed by atoms with Crippen LogP contribution in [0.15, 0.2) is 35.9 Å². The van der Waals surface area contributed by atoms with Gasteiger partial charge in [0, 0.05) is 17.9 Å². The first-order valence-corrected chi connectivity index (χ1v) is 13.1. The van der Waals surface area contributed by atoms with E-state index in [0.717, 1.165) is 31.2 Å². The van der Waals surface area contributed by atoms with E-state index in [1.807, 2.05) is 37.3 Å². The van der Waals surface area contributed by atoms with Gasteiger partial charge in [-0.05, 0) is 45.8 Å². The summed E-state index contributed by atoms with van der Waals surface area (Å²) in [5, 5.41) is 0. The van der Waals surface area contributed by atoms with Gasteiger partial charge in [-0.3, -0.25) is 0 Å². The highest BCUT2D eigenvalue weighted by molar-refractivity contribution is 6.69. The Bertz CT molecular complexity index is 677. The second kappa shape index (κ2) is 7.57. The van der Waals surface area contributed by atoms with Crippen LogP contribution in [0.4, 0.5) is 0 Å². The molecule has 5 heteroatoms. The van der Waals surface area contributed by atoms with Gasteiger partial charge in [-0.25, -0.2) is 4.79 Å². The van der Waals surface area contributed by atoms with Gasteiger partial charge < -0.3 is 13.9 Å². The predicted molar refractivity (Wildman–Crippen MR) is 105 cm³/mol. The molecule has 142 valence electrons. The number of esters is 1. The van der Waals surface area contributed by atoms with E-state index in [2.05, 4.69) is 19.6 Å². The molecule has 0 aromatic heterocycles. The molecule has 0 amide bonds. The maximum absolute atomic E-state index is 12.7. The third kappa shape index (κ3) is 4.04. The van der Waals surface area contributed by atoms with Gasteiger partial charge in [0.2, 0.25) is 5.79 Å². The average Bonchev–Trinajstić information content (AvgIpc) is 2.60. The molecule has 1 saturated carbocycles. The molecule has 1 heterocycles. The first-order valence-electron chi connectivity index (χ1n) is 9.69. The quantitative estimate of drug-likeness (QED) is 0.530. The molecule has 2 atom stereocenters. The van der Waals surface area contributed by atoms with Crippen molar-refractivity contribution in [2.75, 3.05) is 6.61 Å². The number of fused-ring (bicyclic) bond motifs is 1. The summed E-state index contributed by atoms with van der Waals surface area (Å²) < 4.78 is 18.6. The lowest BCUT2D eigenvalue weighted by molar-refractivity contribution is -0.206. The molecule has 1 aromatic rings. The van der Waals surface area contributed by atoms with E-state index in [1.165, 1.54) is 0 Å². The van der Waals surface area contributed by atoms with E-state index in [4.69, 9.17) is 13.9 Å². The van der Waals surface area contributed by atoms with Crippen molar-refractivity contribution in [1.82, 2.24) is 0 Å². The van der Waals surface area contributed by atoms with Crippen LogP contribution >= 0.6 is 0 Å². The minimum absolute atomic E-state index is 0.204. The molecular formula is C21H30O4Si. The second-order valence-corrected chi connectivity index (χ2v) is 12.6. The van der Waals surface area contributed by atoms with Gasteiger partial charge in [0.25, 0.3) is 0 Å². The predicted octanol–water partition coefficient (Wildman–Crippen LogP) is 5.12. The normalized spacial score (nSPS) is 26.1. The maximum Gasteiger partial charge on any atom is 0.337 e. The molecule has 1 aliphatic heterocycles. The van der Waals surface area contributed by atoms with Crippen LogP contribution in [0.2, 0.25) is 19.6 Å². The number of carbonyl (C=O) groups is 1. The first kappa shape index (κ1) is 19.2. The summed E-state index contributed by atoms with van der Waals surface area (Å²) >= 11 is 0. The van der Waals surface area contributed by atoms with Crippen molar-refractivity contribution in [2.45, 2.75) is 64.5 Å². The zero-order valence-corrected chi connectivity index (χ0v) is 17.3. The lowest BCUT2D eigenvalue weighted by Gasteiger charge is -2.50. The molecule has 2 unspecified atom stereocenters. The van der Waals surface area contributed by atoms with Crippen LogP contribution in [0.5, 0.6) is 0 Å². The fourth-order valence-corrected chi connectivity index (χ4v) is 5.39. The topological polar surface area (TPSA) is 44.8 Å². The number of ether oxygens (including phenoxy) is 2. The highest BCUT2D eigenvalue weighted by atomic mass is 28.4. The Morgan fingerprint density at radius 1 is 1.23 bits per heavy atom. The van der Waals surface area contributed by atoms with Crippen molar-refractivity contribution in [3.05, 3.63) is 41.5 Å². The average molecular weight is 375 g/mol. The van der Waals surface area contributed by atoms with E-state index in [0.29, 0.717) is 24.4 Å². The van der Waals surface area contributed by atoms with Crippen LogP contribution in [0.25, 0.3) is 5.76 Å². The highest BCUT2D eigenvalue weighted by Gasteiger charge is 2.51. The van der Waals surface area contributed by atoms with Crippen molar-refractivity contribution < 1.29 is 18.7 Å². The van der Waals surface area contributed by atoms with Gasteiger partial charge in [-0.1, -0.05) is 36.8 Å². The van der Waals surface area contributed by atoms with Gasteiger partial charge in [-0.2, -0.15) is 0 Å². The summed E-state index contributed by atoms with van der Waals surface area (Å²) in [6, 6.07) is 9.87. The fourth-order valence-electron chi connectivity index (χ4n) is 4.04. The summed E-state index contributed by atoms with van der Waals surface area (Å²) in [5.41, 5.74) is 1.57. The molecule has 2 aliphatic rings. The van der Waals surface area contributed by atoms with E-state index < -0.39 is 14.1 Å². The van der Waals surface area contributed by atoms with Crippen LogP contribution < -0.4 is 0 Å². The summed E-state index contributed by atoms with van der Waals surface area (Å²) in [5.74, 6) is -0.0296. The van der Waals surface area contributed by atoms with Crippen LogP contribution in [0.3, 0.4) is 0 Å². The number of benzene rings is 1. The Kier molecular flexibility index (Phi) is 5.58. The minimum Gasteiger partial charge on any atom is -0.463 e. The smallest absolute Gasteiger partial charge is 0.337 e. The van der Waals surface area contributed by atoms with E-state index in [9.17, 15) is 4.79 Å². The van der Waals surface area contributed by atoms with E-state index in [-0.39, 0.29) is 11.9 Å². The molecule has 0 bridgehead atoms. The Morgan fingerprint density at radius 3 is 2.62 bits per heavy atom. The summed E-state index contributed by atoms with van der Waals surface area (Å²) in [6.07, 6.45) is 4.82. The summed E-state index contributed by atoms with van der Waals surface area (Å²) in [7, 11) is -1.82. The molecule has 4 nitrogen and oxygen atoms in total. The zero-order chi connectivity index (χ0) is 18.8. The van der Waals surface area contributed by atoms with Crippen molar-refractivity contribution in [2.24, 2.45) is 5.92 Å². The molecule has 1 aromatic carbocycles. The molecule has 0 N–H and O–H groups in total. The molecule has 1 fully saturated rings. The van der Waals surface area contributed by atoms with Crippen molar-refractivity contribution >= 4 is 20.0 Å². The SMILES string of the molecule is CCOC(=O)C1=C(c2ccccc2)OC2(O[Si](C)(C)C)CCCCC2C1. The molecule has 3 rings (SSSR count). The molecular weight excluding hydrogens is 344 g/mol. The van der Waals surface area contributed by atoms with E-state index in [1.54, 1.807) is 0 Å². The van der Waals surface area contributed by atoms with Crippen molar-refractivity contribution in [1.29, 1.82) is 0 Å². The Labute approximate surface area is 157 Å². The van der Waals surface area contributed by atoms with E-state index >= 15 is 0 Å². The lowest BCUT2D eigenvalue weighted by atomic mass is 9.77. The third-order valence-corrected chi connectivity index (χ3v) is 5.94. The molecule has 1 aliphatic carbocycles. The van der Waals surface area contributed by atoms with Crippen molar-refractivity contribution in [3.63, 3.8) is 0 Å². The maximum atomic E-state index is 12.7. The Hall–Kier alpha value is -1.59. The standard InChI is InChI=1S/C21H30O4Si/c1-5-23-20(22)18-15-17-13-9-10-14-21(17,25-26(2,3)4)24-19(18)16-11-7-6-8-12-16/h6-8,11-12,17H,5,9-10,13-15H2,1-4H3. The second-order valence-electron chi connectivity index (χ2n) is 8.17. The number of rotatable bonds is 5. The van der Waals surface area contributed by atoms with Crippen molar-refractivity contribution in [3.8, 4) is 0 Å². The Morgan fingerprint density at radius 2 is 1.96 bits per heavy atom. The molecule has 26 heavy (non-hydrogen) atoms. The number of hydrogen-bond donors (Lipinski definition) is 0. The monoisotopic (exact) mass is 374 g/mol. The Balaban J connectivity index is 2.06. The summed E-state index contributed by atoms with van der Waals surface area (Å²) in [4.78, 5) is 12.7. The van der Waals surface area contributed by atoms with Gasteiger partial charge in [-0.15, -0.1) is 0 Å². The third-order valence-electron chi connectivity index (χ3n) is 4.99. The fraction of sp³-hybridized carbons (Fsp3) is 0.571. The largest absolute Gasteiger partial charge is 0.463 e. The van der Waals surface area contributed by atoms with Gasteiger partial charge in [0.05, 0.1) is 12.2 Å². The highest BCUT2D eigenvalue weighted by Crippen LogP contribution is 2.50. The van der Waals surface area contributed by atoms with Crippen LogP contribution in [0, 0.1) is 5.92 Å². The molecule has 0 radical (unpaired) electrons. The number of hydrogen-bond acceptors (Lipinski definition) is 4. The molecule has 0 spiro atoms. The minimum atomic E-state index is -1.82. The lowest BCUT2D eigenvalue weighted by Crippen LogP contribution is -2.53. The van der Waals surface area contributed by atoms with Gasteiger partial charge in [0.1, 0.15) is 5.76 Å². The van der Waals surface area contributed by atoms with Crippen LogP contribution in [-0.2, 0) is 18.7 Å². The number of carbonyl (C=O) groups excluding carboxylic acids is 1. The molecule has 0 saturated heterocycles. The van der Waals surface area contributed by atoms with Crippen LogP contribution in [-0.4, -0.2) is 26.7 Å². The van der Waals surface area contributed by atoms with Crippen LogP contribution in [0.1, 0.15) is 44.6 Å². The van der Waals surface area contributed by atoms with Gasteiger partial charge >= 0.3 is 5.97 Å².